The van der Waals surface area contributed by atoms with Crippen molar-refractivity contribution in [1.82, 2.24) is 10.3 Å². The lowest BCUT2D eigenvalue weighted by molar-refractivity contribution is 0.601. The van der Waals surface area contributed by atoms with Gasteiger partial charge in [0, 0.05) is 12.5 Å². The molecule has 0 aliphatic rings. The second kappa shape index (κ2) is 7.72. The van der Waals surface area contributed by atoms with Gasteiger partial charge < -0.3 is 10.6 Å². The summed E-state index contributed by atoms with van der Waals surface area (Å²) in [6.07, 6.45) is 3.78. The van der Waals surface area contributed by atoms with Crippen LogP contribution in [0.1, 0.15) is 30.5 Å². The molecular weight excluding hydrogens is 342 g/mol. The third-order valence-electron chi connectivity index (χ3n) is 3.58. The molecule has 7 heteroatoms. The van der Waals surface area contributed by atoms with E-state index in [1.165, 1.54) is 6.26 Å². The minimum atomic E-state index is -3.19. The second-order valence-corrected chi connectivity index (χ2v) is 8.05. The molecule has 1 aromatic carbocycles. The monoisotopic (exact) mass is 363 g/mol. The van der Waals surface area contributed by atoms with Crippen molar-refractivity contribution in [3.63, 3.8) is 0 Å². The molecule has 0 saturated carbocycles. The van der Waals surface area contributed by atoms with E-state index in [1.807, 2.05) is 38.1 Å². The zero-order chi connectivity index (χ0) is 17.7. The normalized spacial score (nSPS) is 12.5. The Morgan fingerprint density at radius 1 is 1.21 bits per heavy atom. The molecule has 5 nitrogen and oxygen atoms in total. The van der Waals surface area contributed by atoms with Crippen LogP contribution in [0.4, 0.5) is 5.82 Å². The van der Waals surface area contributed by atoms with Crippen LogP contribution < -0.4 is 10.6 Å². The first kappa shape index (κ1) is 18.4. The highest BCUT2D eigenvalue weighted by Crippen LogP contribution is 2.19. The number of pyridine rings is 1. The Hall–Kier alpha value is -1.99. The average Bonchev–Trinajstić information content (AvgIpc) is 2.54. The lowest BCUT2D eigenvalue weighted by Crippen LogP contribution is -2.32. The summed E-state index contributed by atoms with van der Waals surface area (Å²) < 4.78 is 23.1. The van der Waals surface area contributed by atoms with Crippen LogP contribution in [0, 0.1) is 6.92 Å². The fourth-order valence-electron chi connectivity index (χ4n) is 2.22. The van der Waals surface area contributed by atoms with Gasteiger partial charge in [-0.05, 0) is 54.9 Å². The van der Waals surface area contributed by atoms with Crippen LogP contribution >= 0.6 is 12.2 Å². The van der Waals surface area contributed by atoms with Gasteiger partial charge in [0.05, 0.1) is 10.9 Å². The molecule has 1 unspecified atom stereocenters. The molecule has 0 amide bonds. The van der Waals surface area contributed by atoms with E-state index in [4.69, 9.17) is 12.2 Å². The molecule has 0 saturated heterocycles. The highest BCUT2D eigenvalue weighted by atomic mass is 32.2. The Morgan fingerprint density at radius 3 is 2.38 bits per heavy atom. The average molecular weight is 364 g/mol. The fourth-order valence-corrected chi connectivity index (χ4v) is 3.10. The number of nitrogens with one attached hydrogen (secondary N) is 2. The Kier molecular flexibility index (Phi) is 5.90. The van der Waals surface area contributed by atoms with Gasteiger partial charge in [-0.15, -0.1) is 0 Å². The van der Waals surface area contributed by atoms with Crippen LogP contribution in [0.3, 0.4) is 0 Å². The smallest absolute Gasteiger partial charge is 0.175 e. The first-order chi connectivity index (χ1) is 11.3. The molecule has 0 aliphatic heterocycles. The summed E-state index contributed by atoms with van der Waals surface area (Å²) in [6, 6.07) is 10.7. The Morgan fingerprint density at radius 2 is 1.88 bits per heavy atom. The molecule has 0 radical (unpaired) electrons. The van der Waals surface area contributed by atoms with Gasteiger partial charge in [-0.25, -0.2) is 13.4 Å². The van der Waals surface area contributed by atoms with Crippen molar-refractivity contribution < 1.29 is 8.42 Å². The molecule has 0 bridgehead atoms. The van der Waals surface area contributed by atoms with Gasteiger partial charge in [-0.1, -0.05) is 25.1 Å². The number of aryl methyl sites for hydroxylation is 1. The summed E-state index contributed by atoms with van der Waals surface area (Å²) in [5, 5.41) is 6.77. The van der Waals surface area contributed by atoms with Crippen LogP contribution in [0.15, 0.2) is 47.5 Å². The highest BCUT2D eigenvalue weighted by Gasteiger charge is 2.13. The standard InChI is InChI=1S/C17H21N3O2S2/c1-4-15(13-6-8-14(9-7-13)24(3,21)22)19-17(23)20-16-10-5-12(2)11-18-16/h5-11,15H,4H2,1-3H3,(H2,18,19,20,23). The van der Waals surface area contributed by atoms with Gasteiger partial charge in [0.25, 0.3) is 0 Å². The predicted molar refractivity (Wildman–Crippen MR) is 101 cm³/mol. The first-order valence-corrected chi connectivity index (χ1v) is 9.89. The first-order valence-electron chi connectivity index (χ1n) is 7.60. The summed E-state index contributed by atoms with van der Waals surface area (Å²) in [7, 11) is -3.19. The van der Waals surface area contributed by atoms with Crippen molar-refractivity contribution in [3.05, 3.63) is 53.7 Å². The summed E-state index contributed by atoms with van der Waals surface area (Å²) in [5.41, 5.74) is 2.06. The van der Waals surface area contributed by atoms with E-state index in [0.29, 0.717) is 15.8 Å². The number of benzene rings is 1. The topological polar surface area (TPSA) is 71.1 Å². The fraction of sp³-hybridized carbons (Fsp3) is 0.294. The number of thiocarbonyl (C=S) groups is 1. The molecule has 128 valence electrons. The maximum Gasteiger partial charge on any atom is 0.175 e. The maximum atomic E-state index is 11.5. The minimum absolute atomic E-state index is 0.0101. The SMILES string of the molecule is CCC(NC(=S)Nc1ccc(C)cn1)c1ccc(S(C)(=O)=O)cc1. The lowest BCUT2D eigenvalue weighted by Gasteiger charge is -2.20. The van der Waals surface area contributed by atoms with Crippen molar-refractivity contribution in [3.8, 4) is 0 Å². The van der Waals surface area contributed by atoms with Gasteiger partial charge in [0.2, 0.25) is 0 Å². The number of sulfone groups is 1. The molecule has 0 aliphatic carbocycles. The van der Waals surface area contributed by atoms with E-state index in [-0.39, 0.29) is 6.04 Å². The molecule has 24 heavy (non-hydrogen) atoms. The summed E-state index contributed by atoms with van der Waals surface area (Å²) in [4.78, 5) is 4.57. The molecule has 1 heterocycles. The third-order valence-corrected chi connectivity index (χ3v) is 4.93. The molecule has 2 rings (SSSR count). The molecule has 0 spiro atoms. The van der Waals surface area contributed by atoms with Gasteiger partial charge in [-0.2, -0.15) is 0 Å². The van der Waals surface area contributed by atoms with E-state index in [9.17, 15) is 8.42 Å². The van der Waals surface area contributed by atoms with Gasteiger partial charge in [0.15, 0.2) is 14.9 Å². The number of rotatable bonds is 5. The minimum Gasteiger partial charge on any atom is -0.356 e. The van der Waals surface area contributed by atoms with Crippen LogP contribution in [-0.4, -0.2) is 24.8 Å². The predicted octanol–water partition coefficient (Wildman–Crippen LogP) is 3.23. The number of nitrogens with zero attached hydrogens (tertiary/aromatic N) is 1. The van der Waals surface area contributed by atoms with Crippen LogP contribution in [0.2, 0.25) is 0 Å². The maximum absolute atomic E-state index is 11.5. The largest absolute Gasteiger partial charge is 0.356 e. The van der Waals surface area contributed by atoms with E-state index in [0.717, 1.165) is 17.5 Å². The van der Waals surface area contributed by atoms with Gasteiger partial charge in [-0.3, -0.25) is 0 Å². The summed E-state index contributed by atoms with van der Waals surface area (Å²) >= 11 is 5.34. The van der Waals surface area contributed by atoms with Crippen molar-refractivity contribution in [2.24, 2.45) is 0 Å². The van der Waals surface area contributed by atoms with E-state index in [1.54, 1.807) is 18.3 Å². The molecule has 0 fully saturated rings. The third kappa shape index (κ3) is 5.01. The highest BCUT2D eigenvalue weighted by molar-refractivity contribution is 7.90. The zero-order valence-electron chi connectivity index (χ0n) is 13.9. The van der Waals surface area contributed by atoms with Gasteiger partial charge >= 0.3 is 0 Å². The number of hydrogen-bond acceptors (Lipinski definition) is 4. The lowest BCUT2D eigenvalue weighted by atomic mass is 10.1. The number of hydrogen-bond donors (Lipinski definition) is 2. The molecule has 2 aromatic rings. The van der Waals surface area contributed by atoms with Crippen LogP contribution in [0.5, 0.6) is 0 Å². The zero-order valence-corrected chi connectivity index (χ0v) is 15.5. The Labute approximate surface area is 148 Å². The van der Waals surface area contributed by atoms with E-state index >= 15 is 0 Å². The molecular formula is C17H21N3O2S2. The Bertz CT molecular complexity index is 801. The summed E-state index contributed by atoms with van der Waals surface area (Å²) in [6.45, 7) is 4.01. The molecule has 1 atom stereocenters. The van der Waals surface area contributed by atoms with E-state index < -0.39 is 9.84 Å². The van der Waals surface area contributed by atoms with Crippen LogP contribution in [0.25, 0.3) is 0 Å². The van der Waals surface area contributed by atoms with Crippen LogP contribution in [-0.2, 0) is 9.84 Å². The van der Waals surface area contributed by atoms with Crippen molar-refractivity contribution in [1.29, 1.82) is 0 Å². The van der Waals surface area contributed by atoms with Gasteiger partial charge in [0.1, 0.15) is 5.82 Å². The summed E-state index contributed by atoms with van der Waals surface area (Å²) in [5.74, 6) is 0.681. The van der Waals surface area contributed by atoms with Crippen molar-refractivity contribution >= 4 is 33.0 Å². The molecule has 1 aromatic heterocycles. The van der Waals surface area contributed by atoms with E-state index in [2.05, 4.69) is 15.6 Å². The number of anilines is 1. The quantitative estimate of drug-likeness (QED) is 0.795. The van der Waals surface area contributed by atoms with Crippen molar-refractivity contribution in [2.45, 2.75) is 31.2 Å². The second-order valence-electron chi connectivity index (χ2n) is 5.62. The number of aromatic nitrogens is 1. The van der Waals surface area contributed by atoms with Crippen molar-refractivity contribution in [2.75, 3.05) is 11.6 Å². The molecule has 2 N–H and O–H groups in total. The Balaban J connectivity index is 2.05.